The normalized spacial score (nSPS) is 29.0. The number of halogens is 3. The van der Waals surface area contributed by atoms with E-state index in [4.69, 9.17) is 0 Å². The van der Waals surface area contributed by atoms with Gasteiger partial charge in [-0.15, -0.1) is 0 Å². The summed E-state index contributed by atoms with van der Waals surface area (Å²) in [7, 11) is 0. The predicted octanol–water partition coefficient (Wildman–Crippen LogP) is 0.942. The van der Waals surface area contributed by atoms with Crippen molar-refractivity contribution in [3.05, 3.63) is 0 Å². The van der Waals surface area contributed by atoms with E-state index in [9.17, 15) is 18.0 Å². The molecule has 17 heavy (non-hydrogen) atoms. The van der Waals surface area contributed by atoms with Gasteiger partial charge < -0.3 is 15.5 Å². The first-order chi connectivity index (χ1) is 7.96. The number of hydrogen-bond acceptors (Lipinski definition) is 2. The number of piperidine rings is 1. The number of rotatable bonds is 1. The number of carbonyl (C=O) groups excluding carboxylic acids is 1. The van der Waals surface area contributed by atoms with Crippen molar-refractivity contribution in [2.24, 2.45) is 5.92 Å². The minimum Gasteiger partial charge on any atom is -0.329 e. The molecule has 0 spiro atoms. The fourth-order valence-electron chi connectivity index (χ4n) is 2.50. The first kappa shape index (κ1) is 12.5. The third-order valence-corrected chi connectivity index (χ3v) is 3.33. The van der Waals surface area contributed by atoms with Crippen molar-refractivity contribution >= 4 is 6.03 Å². The highest BCUT2D eigenvalue weighted by Gasteiger charge is 2.37. The Morgan fingerprint density at radius 2 is 2.18 bits per heavy atom. The highest BCUT2D eigenvalue weighted by Crippen LogP contribution is 2.24. The van der Waals surface area contributed by atoms with Crippen molar-refractivity contribution in [3.8, 4) is 0 Å². The molecule has 2 atom stereocenters. The Labute approximate surface area is 97.5 Å². The SMILES string of the molecule is O=C(NCC(F)(F)F)N1C[C@@H]2CCCN[C@@H]2C1. The number of nitrogens with zero attached hydrogens (tertiary/aromatic N) is 1. The number of carbonyl (C=O) groups is 1. The fraction of sp³-hybridized carbons (Fsp3) is 0.900. The van der Waals surface area contributed by atoms with Crippen LogP contribution in [-0.4, -0.2) is 49.3 Å². The van der Waals surface area contributed by atoms with E-state index >= 15 is 0 Å². The number of fused-ring (bicyclic) bond motifs is 1. The molecule has 0 aliphatic carbocycles. The van der Waals surface area contributed by atoms with Crippen molar-refractivity contribution < 1.29 is 18.0 Å². The predicted molar refractivity (Wildman–Crippen MR) is 55.5 cm³/mol. The highest BCUT2D eigenvalue weighted by atomic mass is 19.4. The molecule has 0 aromatic carbocycles. The Morgan fingerprint density at radius 1 is 1.41 bits per heavy atom. The summed E-state index contributed by atoms with van der Waals surface area (Å²) in [6.07, 6.45) is -2.24. The quantitative estimate of drug-likeness (QED) is 0.728. The summed E-state index contributed by atoms with van der Waals surface area (Å²) in [6.45, 7) is 0.736. The van der Waals surface area contributed by atoms with Crippen molar-refractivity contribution in [2.75, 3.05) is 26.2 Å². The molecule has 2 rings (SSSR count). The van der Waals surface area contributed by atoms with E-state index in [0.717, 1.165) is 19.4 Å². The number of alkyl halides is 3. The van der Waals surface area contributed by atoms with Crippen molar-refractivity contribution in [2.45, 2.75) is 25.1 Å². The van der Waals surface area contributed by atoms with Crippen LogP contribution in [0.15, 0.2) is 0 Å². The van der Waals surface area contributed by atoms with Gasteiger partial charge in [0.05, 0.1) is 0 Å². The van der Waals surface area contributed by atoms with Crippen LogP contribution in [0.2, 0.25) is 0 Å². The summed E-state index contributed by atoms with van der Waals surface area (Å²) in [4.78, 5) is 13.0. The average molecular weight is 251 g/mol. The molecule has 0 radical (unpaired) electrons. The van der Waals surface area contributed by atoms with Gasteiger partial charge in [0.25, 0.3) is 0 Å². The van der Waals surface area contributed by atoms with Gasteiger partial charge in [0, 0.05) is 19.1 Å². The van der Waals surface area contributed by atoms with Gasteiger partial charge in [-0.1, -0.05) is 0 Å². The number of likely N-dealkylation sites (tertiary alicyclic amines) is 1. The lowest BCUT2D eigenvalue weighted by Gasteiger charge is -2.24. The van der Waals surface area contributed by atoms with Crippen LogP contribution in [0.5, 0.6) is 0 Å². The molecule has 0 aromatic rings. The maximum atomic E-state index is 12.0. The highest BCUT2D eigenvalue weighted by molar-refractivity contribution is 5.74. The summed E-state index contributed by atoms with van der Waals surface area (Å²) in [5, 5.41) is 5.20. The first-order valence-electron chi connectivity index (χ1n) is 5.78. The number of hydrogen-bond donors (Lipinski definition) is 2. The van der Waals surface area contributed by atoms with Crippen LogP contribution in [0.3, 0.4) is 0 Å². The molecule has 2 fully saturated rings. The standard InChI is InChI=1S/C10H16F3N3O/c11-10(12,13)6-15-9(17)16-4-7-2-1-3-14-8(7)5-16/h7-8,14H,1-6H2,(H,15,17)/t7-,8+/m0/s1. The number of urea groups is 1. The maximum Gasteiger partial charge on any atom is 0.405 e. The molecular formula is C10H16F3N3O. The fourth-order valence-corrected chi connectivity index (χ4v) is 2.50. The Hall–Kier alpha value is -0.980. The van der Waals surface area contributed by atoms with Crippen LogP contribution in [0.25, 0.3) is 0 Å². The van der Waals surface area contributed by atoms with Crippen LogP contribution >= 0.6 is 0 Å². The summed E-state index contributed by atoms with van der Waals surface area (Å²) < 4.78 is 35.9. The first-order valence-corrected chi connectivity index (χ1v) is 5.78. The Bertz CT molecular complexity index is 281. The lowest BCUT2D eigenvalue weighted by Crippen LogP contribution is -2.44. The van der Waals surface area contributed by atoms with E-state index in [-0.39, 0.29) is 6.04 Å². The topological polar surface area (TPSA) is 44.4 Å². The maximum absolute atomic E-state index is 12.0. The molecule has 2 saturated heterocycles. The second-order valence-electron chi connectivity index (χ2n) is 4.64. The zero-order valence-corrected chi connectivity index (χ0v) is 9.39. The summed E-state index contributed by atoms with van der Waals surface area (Å²) >= 11 is 0. The number of amides is 2. The molecule has 0 unspecified atom stereocenters. The minimum atomic E-state index is -4.35. The van der Waals surface area contributed by atoms with Gasteiger partial charge in [0.2, 0.25) is 0 Å². The second kappa shape index (κ2) is 4.72. The van der Waals surface area contributed by atoms with Crippen molar-refractivity contribution in [1.29, 1.82) is 0 Å². The monoisotopic (exact) mass is 251 g/mol. The zero-order chi connectivity index (χ0) is 12.5. The molecule has 2 N–H and O–H groups in total. The largest absolute Gasteiger partial charge is 0.405 e. The van der Waals surface area contributed by atoms with Gasteiger partial charge in [-0.05, 0) is 25.3 Å². The minimum absolute atomic E-state index is 0.250. The molecule has 2 aliphatic heterocycles. The smallest absolute Gasteiger partial charge is 0.329 e. The summed E-state index contributed by atoms with van der Waals surface area (Å²) in [5.41, 5.74) is 0. The Morgan fingerprint density at radius 3 is 2.82 bits per heavy atom. The Kier molecular flexibility index (Phi) is 3.46. The van der Waals surface area contributed by atoms with E-state index in [1.54, 1.807) is 0 Å². The average Bonchev–Trinajstić information content (AvgIpc) is 2.68. The molecule has 2 heterocycles. The van der Waals surface area contributed by atoms with Gasteiger partial charge in [0.15, 0.2) is 0 Å². The molecule has 0 bridgehead atoms. The molecule has 2 aliphatic rings. The van der Waals surface area contributed by atoms with Gasteiger partial charge in [-0.2, -0.15) is 13.2 Å². The van der Waals surface area contributed by atoms with Crippen LogP contribution in [-0.2, 0) is 0 Å². The van der Waals surface area contributed by atoms with Crippen molar-refractivity contribution in [3.63, 3.8) is 0 Å². The molecule has 0 saturated carbocycles. The summed E-state index contributed by atoms with van der Waals surface area (Å²) in [5.74, 6) is 0.389. The van der Waals surface area contributed by atoms with Crippen molar-refractivity contribution in [1.82, 2.24) is 15.5 Å². The molecule has 2 amide bonds. The van der Waals surface area contributed by atoms with Crippen LogP contribution in [0.4, 0.5) is 18.0 Å². The molecular weight excluding hydrogens is 235 g/mol. The van der Waals surface area contributed by atoms with E-state index < -0.39 is 18.8 Å². The third-order valence-electron chi connectivity index (χ3n) is 3.33. The molecule has 0 aromatic heterocycles. The van der Waals surface area contributed by atoms with E-state index in [2.05, 4.69) is 5.32 Å². The molecule has 98 valence electrons. The van der Waals surface area contributed by atoms with Crippen LogP contribution in [0, 0.1) is 5.92 Å². The van der Waals surface area contributed by atoms with Gasteiger partial charge >= 0.3 is 12.2 Å². The van der Waals surface area contributed by atoms with Crippen LogP contribution < -0.4 is 10.6 Å². The zero-order valence-electron chi connectivity index (χ0n) is 9.39. The lowest BCUT2D eigenvalue weighted by atomic mass is 9.94. The second-order valence-corrected chi connectivity index (χ2v) is 4.64. The van der Waals surface area contributed by atoms with E-state index in [1.807, 2.05) is 5.32 Å². The summed E-state index contributed by atoms with van der Waals surface area (Å²) in [6, 6.07) is -0.362. The molecule has 7 heteroatoms. The van der Waals surface area contributed by atoms with Crippen LogP contribution in [0.1, 0.15) is 12.8 Å². The molecule has 4 nitrogen and oxygen atoms in total. The van der Waals surface area contributed by atoms with Gasteiger partial charge in [-0.25, -0.2) is 4.79 Å². The lowest BCUT2D eigenvalue weighted by molar-refractivity contribution is -0.123. The van der Waals surface area contributed by atoms with Gasteiger partial charge in [-0.3, -0.25) is 0 Å². The Balaban J connectivity index is 1.81. The third kappa shape index (κ3) is 3.24. The van der Waals surface area contributed by atoms with E-state index in [0.29, 0.717) is 19.0 Å². The van der Waals surface area contributed by atoms with Gasteiger partial charge in [0.1, 0.15) is 6.54 Å². The number of nitrogens with one attached hydrogen (secondary N) is 2. The van der Waals surface area contributed by atoms with E-state index in [1.165, 1.54) is 4.90 Å².